The van der Waals surface area contributed by atoms with Crippen LogP contribution in [0.15, 0.2) is 121 Å². The number of aliphatic hydroxyl groups is 1. The molecule has 1 aliphatic carbocycles. The third-order valence-electron chi connectivity index (χ3n) is 21.9. The number of aromatic hydroxyl groups is 1. The standard InChI is InChI=1S/C15H23NO.C14H26N2O3.C13H20N2O2.C13H20N2O.C13H19N.C11H13Cl2NO.C10H20N2O.C10H17NO2.C5H11NO.C3H8O/c1-5-6-11-16-14(17)12-7-9-13(10-8-12)15(2,3)4;1-5-6-7-12(17)15-8-10-16(11-9-15)13(18)19-14(2,3)4;1-2-3-8-15-13(17)12(14)9-10-4-6-11(16)7-5-10;1-2-3-9-15-13(16)12(14)10-11-7-5-4-6-8-11;1-2-3-9-14-10-8-12-6-4-5-7-13(12)11-14;1-2-3-6-14-11(15)8-4-5-9(12)10(13)7-8;1-2-3-6-12-10(13)9-4-7-11-8-5-9;1-2-3-6-11-10(13)8-4-5-9(12)7-8;1-2-3-4-5(6)7;1-2-3-4/h7-10H,5-6,11H2,1-4H3,(H,16,17);5-11H2,1-4H3;4-7,12,16H,2-3,8-9,14H2,1H3,(H,15,17);4-8,12H,2-3,9-10,14H2,1H3,(H,15,16);4-7H,2-3,8-11H2,1H3;4-5,7H,2-3,6H2,1H3,(H,14,15);9,11H,2-8H2,1H3,(H,12,13);8H,2-7H2,1H3,(H,11,13);2-4H2,1H3,(H2,6,7);4H,2-3H2,1H3. The van der Waals surface area contributed by atoms with Crippen LogP contribution in [0.2, 0.25) is 10.0 Å². The summed E-state index contributed by atoms with van der Waals surface area (Å²) in [5, 5.41) is 38.3. The Morgan fingerprint density at radius 1 is 0.474 bits per heavy atom. The minimum Gasteiger partial charge on any atom is -0.508 e. The first kappa shape index (κ1) is 126. The van der Waals surface area contributed by atoms with Crippen molar-refractivity contribution in [2.24, 2.45) is 29.0 Å². The number of Topliss-reactive ketones (excluding diaryl/α,β-unsaturated/α-hetero) is 1. The molecule has 9 amide bonds. The zero-order valence-electron chi connectivity index (χ0n) is 85.4. The number of hydrogen-bond acceptors (Lipinski definition) is 17. The van der Waals surface area contributed by atoms with Crippen LogP contribution < -0.4 is 54.4 Å². The summed E-state index contributed by atoms with van der Waals surface area (Å²) in [5.41, 5.74) is 23.8. The van der Waals surface area contributed by atoms with Crippen LogP contribution in [0, 0.1) is 11.8 Å². The highest BCUT2D eigenvalue weighted by atomic mass is 35.5. The number of nitrogens with two attached hydrogens (primary N) is 3. The molecule has 3 unspecified atom stereocenters. The van der Waals surface area contributed by atoms with Crippen molar-refractivity contribution >= 4 is 82.3 Å². The van der Waals surface area contributed by atoms with Crippen LogP contribution in [0.3, 0.4) is 0 Å². The van der Waals surface area contributed by atoms with E-state index in [0.29, 0.717) is 100 Å². The summed E-state index contributed by atoms with van der Waals surface area (Å²) in [7, 11) is 0. The Bertz CT molecular complexity index is 4000. The number of carbonyl (C=O) groups is 10. The van der Waals surface area contributed by atoms with E-state index in [1.807, 2.05) is 94.1 Å². The molecule has 0 spiro atoms. The van der Waals surface area contributed by atoms with E-state index in [1.165, 1.54) is 43.5 Å². The number of hydrogen-bond donors (Lipinski definition) is 12. The normalized spacial score (nSPS) is 14.1. The molecule has 5 aromatic carbocycles. The van der Waals surface area contributed by atoms with Gasteiger partial charge in [-0.05, 0) is 219 Å². The van der Waals surface area contributed by atoms with Gasteiger partial charge in [0.15, 0.2) is 0 Å². The van der Waals surface area contributed by atoms with E-state index in [0.717, 1.165) is 191 Å². The van der Waals surface area contributed by atoms with Gasteiger partial charge in [0.2, 0.25) is 35.4 Å². The number of carbonyl (C=O) groups excluding carboxylic acids is 10. The molecule has 135 heavy (non-hydrogen) atoms. The molecule has 28 heteroatoms. The number of halogens is 2. The lowest BCUT2D eigenvalue weighted by Crippen LogP contribution is -2.51. The number of rotatable bonds is 38. The second-order valence-corrected chi connectivity index (χ2v) is 37.2. The third-order valence-corrected chi connectivity index (χ3v) is 22.6. The molecule has 0 bridgehead atoms. The maximum Gasteiger partial charge on any atom is 0.410 e. The van der Waals surface area contributed by atoms with Crippen LogP contribution in [0.25, 0.3) is 0 Å². The van der Waals surface area contributed by atoms with Gasteiger partial charge >= 0.3 is 6.09 Å². The Morgan fingerprint density at radius 3 is 1.34 bits per heavy atom. The second kappa shape index (κ2) is 78.0. The summed E-state index contributed by atoms with van der Waals surface area (Å²) in [6.45, 7) is 45.7. The van der Waals surface area contributed by atoms with Gasteiger partial charge < -0.3 is 79.2 Å². The number of piperidine rings is 1. The van der Waals surface area contributed by atoms with Crippen molar-refractivity contribution in [3.8, 4) is 5.75 Å². The van der Waals surface area contributed by atoms with E-state index in [4.69, 9.17) is 55.4 Å². The van der Waals surface area contributed by atoms with Crippen LogP contribution in [-0.4, -0.2) is 200 Å². The fourth-order valence-electron chi connectivity index (χ4n) is 13.3. The average molecular weight is 1920 g/mol. The molecule has 0 aromatic heterocycles. The number of fused-ring (bicyclic) bond motifs is 1. The number of nitrogens with one attached hydrogen (secondary N) is 7. The second-order valence-electron chi connectivity index (χ2n) is 36.4. The zero-order valence-corrected chi connectivity index (χ0v) is 86.9. The number of benzene rings is 5. The van der Waals surface area contributed by atoms with E-state index in [9.17, 15) is 47.9 Å². The molecule has 1 saturated carbocycles. The number of ketones is 1. The number of unbranched alkanes of at least 4 members (excludes halogenated alkanes) is 9. The quantitative estimate of drug-likeness (QED) is 0.0163. The van der Waals surface area contributed by atoms with Crippen molar-refractivity contribution in [2.75, 3.05) is 98.2 Å². The molecular weight excluding hydrogens is 1750 g/mol. The summed E-state index contributed by atoms with van der Waals surface area (Å²) in [4.78, 5) is 120. The molecule has 2 saturated heterocycles. The Hall–Kier alpha value is -9.02. The minimum atomic E-state index is -0.531. The van der Waals surface area contributed by atoms with Gasteiger partial charge in [-0.2, -0.15) is 0 Å². The number of primary amides is 1. The highest BCUT2D eigenvalue weighted by molar-refractivity contribution is 6.42. The number of ether oxygens (including phenoxy) is 1. The number of phenolic OH excluding ortho intramolecular Hbond substituents is 1. The van der Waals surface area contributed by atoms with Gasteiger partial charge in [0.25, 0.3) is 11.8 Å². The Balaban J connectivity index is 0.00000150. The molecule has 9 rings (SSSR count). The molecule has 3 fully saturated rings. The van der Waals surface area contributed by atoms with Crippen molar-refractivity contribution in [3.05, 3.63) is 170 Å². The van der Waals surface area contributed by atoms with Gasteiger partial charge in [-0.1, -0.05) is 250 Å². The van der Waals surface area contributed by atoms with Crippen molar-refractivity contribution in [1.82, 2.24) is 51.9 Å². The Morgan fingerprint density at radius 2 is 0.904 bits per heavy atom. The van der Waals surface area contributed by atoms with Crippen molar-refractivity contribution in [2.45, 2.75) is 327 Å². The van der Waals surface area contributed by atoms with Crippen LogP contribution >= 0.6 is 23.2 Å². The molecule has 3 atom stereocenters. The lowest BCUT2D eigenvalue weighted by atomic mass is 9.87. The average Bonchev–Trinajstić information content (AvgIpc) is 1.55. The summed E-state index contributed by atoms with van der Waals surface area (Å²) in [5.74, 6) is 0.749. The Kier molecular flexibility index (Phi) is 72.7. The molecule has 3 aliphatic heterocycles. The third kappa shape index (κ3) is 63.2. The predicted molar refractivity (Wildman–Crippen MR) is 554 cm³/mol. The molecule has 762 valence electrons. The van der Waals surface area contributed by atoms with Gasteiger partial charge in [0.05, 0.1) is 22.1 Å². The number of piperazine rings is 1. The summed E-state index contributed by atoms with van der Waals surface area (Å²) in [6, 6.07) is 37.2. The monoisotopic (exact) mass is 1920 g/mol. The SMILES string of the molecule is CCCCC(=O)N1CCN(C(=O)OC(C)(C)C)CC1.CCCCC(N)=O.CCCCN1CCc2ccccc2C1.CCCCNC(=O)C(N)Cc1ccc(O)cc1.CCCCNC(=O)C(N)Cc1ccccc1.CCCCNC(=O)C1CCC(=O)C1.CCCCNC(=O)C1CCNCC1.CCCCNC(=O)c1ccc(C(C)(C)C)cc1.CCCCNC(=O)c1ccc(Cl)c(Cl)c1.CCCO. The Labute approximate surface area is 822 Å². The number of nitrogens with zero attached hydrogens (tertiary/aromatic N) is 3. The number of aliphatic hydroxyl groups excluding tert-OH is 1. The van der Waals surface area contributed by atoms with Gasteiger partial charge in [0, 0.05) is 134 Å². The van der Waals surface area contributed by atoms with Gasteiger partial charge in [0.1, 0.15) is 17.1 Å². The lowest BCUT2D eigenvalue weighted by molar-refractivity contribution is -0.133. The fraction of sp³-hybridized carbons (Fsp3) is 0.626. The van der Waals surface area contributed by atoms with E-state index in [2.05, 4.69) is 143 Å². The molecule has 15 N–H and O–H groups in total. The molecule has 26 nitrogen and oxygen atoms in total. The van der Waals surface area contributed by atoms with Gasteiger partial charge in [-0.3, -0.25) is 48.1 Å². The van der Waals surface area contributed by atoms with Crippen LogP contribution in [-0.2, 0) is 69.5 Å². The topological polar surface area (TPSA) is 392 Å². The van der Waals surface area contributed by atoms with E-state index < -0.39 is 17.7 Å². The first-order chi connectivity index (χ1) is 64.5. The summed E-state index contributed by atoms with van der Waals surface area (Å²) >= 11 is 11.6. The number of amides is 9. The minimum absolute atomic E-state index is 0.0268. The fourth-order valence-corrected chi connectivity index (χ4v) is 13.6. The van der Waals surface area contributed by atoms with Crippen molar-refractivity contribution in [1.29, 1.82) is 0 Å². The first-order valence-corrected chi connectivity index (χ1v) is 50.9. The number of phenols is 1. The smallest absolute Gasteiger partial charge is 0.410 e. The highest BCUT2D eigenvalue weighted by Crippen LogP contribution is 2.26. The lowest BCUT2D eigenvalue weighted by Gasteiger charge is -2.35. The predicted octanol–water partition coefficient (Wildman–Crippen LogP) is 18.0. The van der Waals surface area contributed by atoms with Gasteiger partial charge in [-0.15, -0.1) is 0 Å². The maximum absolute atomic E-state index is 11.9. The van der Waals surface area contributed by atoms with E-state index in [1.54, 1.807) is 52.9 Å². The van der Waals surface area contributed by atoms with Gasteiger partial charge in [-0.25, -0.2) is 4.79 Å². The van der Waals surface area contributed by atoms with Crippen LogP contribution in [0.5, 0.6) is 5.75 Å². The van der Waals surface area contributed by atoms with Crippen molar-refractivity contribution in [3.63, 3.8) is 0 Å². The highest BCUT2D eigenvalue weighted by Gasteiger charge is 2.30. The maximum atomic E-state index is 11.9. The van der Waals surface area contributed by atoms with Crippen LogP contribution in [0.1, 0.15) is 326 Å². The molecular formula is C107H177Cl2N13O13. The zero-order chi connectivity index (χ0) is 101. The molecule has 0 radical (unpaired) electrons. The first-order valence-electron chi connectivity index (χ1n) is 50.2. The molecule has 3 heterocycles. The summed E-state index contributed by atoms with van der Waals surface area (Å²) < 4.78 is 5.32. The van der Waals surface area contributed by atoms with Crippen molar-refractivity contribution < 1.29 is 62.9 Å². The van der Waals surface area contributed by atoms with Crippen LogP contribution in [0.4, 0.5) is 4.79 Å². The molecule has 5 aromatic rings. The van der Waals surface area contributed by atoms with E-state index in [-0.39, 0.29) is 82.1 Å². The summed E-state index contributed by atoms with van der Waals surface area (Å²) in [6.07, 6.45) is 27.0. The molecule has 4 aliphatic rings. The van der Waals surface area contributed by atoms with E-state index >= 15 is 0 Å². The largest absolute Gasteiger partial charge is 0.508 e.